The van der Waals surface area contributed by atoms with E-state index in [0.717, 1.165) is 109 Å². The largest absolute Gasteiger partial charge is 0.472 e. The molecule has 67 heavy (non-hydrogen) atoms. The second kappa shape index (κ2) is 52.3. The number of unbranched alkanes of at least 4 members (excludes halogenated alkanes) is 20. The first-order valence-electron chi connectivity index (χ1n) is 26.7. The fourth-order valence-electron chi connectivity index (χ4n) is 7.02. The Morgan fingerprint density at radius 3 is 1.24 bits per heavy atom. The molecule has 2 unspecified atom stereocenters. The lowest BCUT2D eigenvalue weighted by Gasteiger charge is -2.19. The van der Waals surface area contributed by atoms with Crippen LogP contribution in [0.15, 0.2) is 97.2 Å². The molecule has 0 amide bonds. The van der Waals surface area contributed by atoms with Gasteiger partial charge in [-0.2, -0.15) is 0 Å². The Morgan fingerprint density at radius 2 is 0.821 bits per heavy atom. The lowest BCUT2D eigenvalue weighted by molar-refractivity contribution is -0.161. The Labute approximate surface area is 410 Å². The third kappa shape index (κ3) is 52.2. The molecular formula is C57H98NO8P. The van der Waals surface area contributed by atoms with Gasteiger partial charge in [-0.3, -0.25) is 18.6 Å². The van der Waals surface area contributed by atoms with E-state index in [4.69, 9.17) is 24.3 Å². The van der Waals surface area contributed by atoms with Crippen molar-refractivity contribution in [3.63, 3.8) is 0 Å². The molecule has 9 nitrogen and oxygen atoms in total. The van der Waals surface area contributed by atoms with Gasteiger partial charge < -0.3 is 20.1 Å². The number of phosphoric ester groups is 1. The summed E-state index contributed by atoms with van der Waals surface area (Å²) in [5, 5.41) is 0. The number of ether oxygens (including phenoxy) is 2. The zero-order valence-electron chi connectivity index (χ0n) is 42.6. The Morgan fingerprint density at radius 1 is 0.463 bits per heavy atom. The van der Waals surface area contributed by atoms with E-state index in [9.17, 15) is 19.0 Å². The predicted octanol–water partition coefficient (Wildman–Crippen LogP) is 16.5. The average Bonchev–Trinajstić information content (AvgIpc) is 3.32. The van der Waals surface area contributed by atoms with Gasteiger partial charge in [0, 0.05) is 19.4 Å². The normalized spacial score (nSPS) is 13.9. The third-order valence-corrected chi connectivity index (χ3v) is 11.9. The summed E-state index contributed by atoms with van der Waals surface area (Å²) in [5.74, 6) is -0.848. The summed E-state index contributed by atoms with van der Waals surface area (Å²) < 4.78 is 32.9. The summed E-state index contributed by atoms with van der Waals surface area (Å²) in [5.41, 5.74) is 5.37. The predicted molar refractivity (Wildman–Crippen MR) is 284 cm³/mol. The van der Waals surface area contributed by atoms with Crippen molar-refractivity contribution in [3.05, 3.63) is 97.2 Å². The van der Waals surface area contributed by atoms with Crippen LogP contribution in [-0.2, 0) is 32.7 Å². The minimum Gasteiger partial charge on any atom is -0.462 e. The van der Waals surface area contributed by atoms with Crippen LogP contribution in [0.5, 0.6) is 0 Å². The molecule has 0 fully saturated rings. The lowest BCUT2D eigenvalue weighted by Crippen LogP contribution is -2.29. The smallest absolute Gasteiger partial charge is 0.462 e. The zero-order valence-corrected chi connectivity index (χ0v) is 43.5. The van der Waals surface area contributed by atoms with Crippen molar-refractivity contribution >= 4 is 19.8 Å². The van der Waals surface area contributed by atoms with Crippen LogP contribution < -0.4 is 5.73 Å². The van der Waals surface area contributed by atoms with Crippen LogP contribution in [0, 0.1) is 0 Å². The van der Waals surface area contributed by atoms with Gasteiger partial charge in [-0.25, -0.2) is 4.57 Å². The molecule has 0 radical (unpaired) electrons. The van der Waals surface area contributed by atoms with Gasteiger partial charge >= 0.3 is 19.8 Å². The zero-order chi connectivity index (χ0) is 48.8. The quantitative estimate of drug-likeness (QED) is 0.0264. The maximum absolute atomic E-state index is 12.7. The van der Waals surface area contributed by atoms with Crippen molar-refractivity contribution in [2.45, 2.75) is 225 Å². The summed E-state index contributed by atoms with van der Waals surface area (Å²) in [7, 11) is -4.39. The molecule has 0 saturated carbocycles. The number of hydrogen-bond donors (Lipinski definition) is 2. The SMILES string of the molecule is CC/C=C\C/C=C\C/C=C\C/C=C\C/C=C\C/C=C\C/C=C\CCCCCCCCCCCC(=O)OC(COC(=O)CCCCCCC/C=C\CCCCCCCC)COP(=O)(O)OCCN. The van der Waals surface area contributed by atoms with Crippen LogP contribution in [0.25, 0.3) is 0 Å². The van der Waals surface area contributed by atoms with Gasteiger partial charge in [0.2, 0.25) is 0 Å². The Kier molecular flexibility index (Phi) is 49.9. The maximum Gasteiger partial charge on any atom is 0.472 e. The standard InChI is InChI=1S/C57H98NO8P/c1-3-5-7-9-11-13-15-17-19-20-21-22-23-24-25-26-27-28-29-30-31-32-33-34-36-38-40-42-44-46-48-50-57(60)66-55(54-65-67(61,62)64-52-51-58)53-63-56(59)49-47-45-43-41-39-37-35-18-16-14-12-10-8-6-4-2/h5,7,11,13,17-19,21-22,24-25,27-28,30-31,35,55H,3-4,6,8-10,12,14-16,20,23,26,29,32-34,36-54,58H2,1-2H3,(H,61,62)/b7-5-,13-11-,19-17-,22-21-,25-24-,28-27-,31-30-,35-18-. The highest BCUT2D eigenvalue weighted by Crippen LogP contribution is 2.43. The topological polar surface area (TPSA) is 134 Å². The number of carbonyl (C=O) groups is 2. The molecule has 3 N–H and O–H groups in total. The van der Waals surface area contributed by atoms with Crippen molar-refractivity contribution < 1.29 is 37.6 Å². The summed E-state index contributed by atoms with van der Waals surface area (Å²) in [6.45, 7) is 3.60. The molecule has 10 heteroatoms. The summed E-state index contributed by atoms with van der Waals surface area (Å²) >= 11 is 0. The third-order valence-electron chi connectivity index (χ3n) is 11.0. The molecule has 2 atom stereocenters. The van der Waals surface area contributed by atoms with E-state index >= 15 is 0 Å². The molecule has 0 aromatic heterocycles. The number of phosphoric acid groups is 1. The molecule has 0 aliphatic carbocycles. The van der Waals surface area contributed by atoms with Gasteiger partial charge in [-0.1, -0.05) is 207 Å². The molecule has 0 heterocycles. The number of carbonyl (C=O) groups excluding carboxylic acids is 2. The minimum atomic E-state index is -4.39. The molecule has 0 aromatic rings. The fourth-order valence-corrected chi connectivity index (χ4v) is 7.79. The maximum atomic E-state index is 12.7. The van der Waals surface area contributed by atoms with Crippen LogP contribution in [0.4, 0.5) is 0 Å². The number of nitrogens with two attached hydrogens (primary N) is 1. The van der Waals surface area contributed by atoms with Crippen LogP contribution in [0.2, 0.25) is 0 Å². The van der Waals surface area contributed by atoms with Gasteiger partial charge in [0.15, 0.2) is 6.10 Å². The molecule has 0 bridgehead atoms. The van der Waals surface area contributed by atoms with Crippen molar-refractivity contribution in [2.75, 3.05) is 26.4 Å². The van der Waals surface area contributed by atoms with Crippen LogP contribution >= 0.6 is 7.82 Å². The molecular weight excluding hydrogens is 858 g/mol. The Hall–Kier alpha value is -3.07. The highest BCUT2D eigenvalue weighted by Gasteiger charge is 2.26. The first-order valence-corrected chi connectivity index (χ1v) is 28.2. The number of esters is 2. The average molecular weight is 956 g/mol. The van der Waals surface area contributed by atoms with E-state index in [2.05, 4.69) is 111 Å². The molecule has 0 saturated heterocycles. The van der Waals surface area contributed by atoms with Crippen LogP contribution in [-0.4, -0.2) is 49.3 Å². The van der Waals surface area contributed by atoms with E-state index in [-0.39, 0.29) is 32.6 Å². The monoisotopic (exact) mass is 956 g/mol. The van der Waals surface area contributed by atoms with Crippen molar-refractivity contribution in [1.82, 2.24) is 0 Å². The van der Waals surface area contributed by atoms with Gasteiger partial charge in [-0.05, 0) is 96.3 Å². The first-order chi connectivity index (χ1) is 32.8. The molecule has 0 aliphatic heterocycles. The van der Waals surface area contributed by atoms with Crippen molar-refractivity contribution in [2.24, 2.45) is 5.73 Å². The van der Waals surface area contributed by atoms with E-state index in [1.54, 1.807) is 0 Å². The number of hydrogen-bond acceptors (Lipinski definition) is 8. The highest BCUT2D eigenvalue weighted by atomic mass is 31.2. The van der Waals surface area contributed by atoms with E-state index in [0.29, 0.717) is 6.42 Å². The molecule has 0 aromatic carbocycles. The second-order valence-corrected chi connectivity index (χ2v) is 18.8. The van der Waals surface area contributed by atoms with E-state index < -0.39 is 32.5 Å². The summed E-state index contributed by atoms with van der Waals surface area (Å²) in [6, 6.07) is 0. The van der Waals surface area contributed by atoms with Crippen LogP contribution in [0.3, 0.4) is 0 Å². The van der Waals surface area contributed by atoms with E-state index in [1.165, 1.54) is 77.0 Å². The number of allylic oxidation sites excluding steroid dienone is 16. The van der Waals surface area contributed by atoms with Gasteiger partial charge in [0.1, 0.15) is 6.61 Å². The summed E-state index contributed by atoms with van der Waals surface area (Å²) in [4.78, 5) is 35.1. The molecule has 0 rings (SSSR count). The van der Waals surface area contributed by atoms with Crippen LogP contribution in [0.1, 0.15) is 219 Å². The molecule has 384 valence electrons. The van der Waals surface area contributed by atoms with Gasteiger partial charge in [0.05, 0.1) is 13.2 Å². The van der Waals surface area contributed by atoms with Crippen molar-refractivity contribution in [1.29, 1.82) is 0 Å². The second-order valence-electron chi connectivity index (χ2n) is 17.4. The van der Waals surface area contributed by atoms with Crippen molar-refractivity contribution in [3.8, 4) is 0 Å². The van der Waals surface area contributed by atoms with Gasteiger partial charge in [0.25, 0.3) is 0 Å². The summed E-state index contributed by atoms with van der Waals surface area (Å²) in [6.07, 6.45) is 68.8. The number of rotatable bonds is 49. The van der Waals surface area contributed by atoms with E-state index in [1.807, 2.05) is 0 Å². The highest BCUT2D eigenvalue weighted by molar-refractivity contribution is 7.47. The Balaban J connectivity index is 4.04. The lowest BCUT2D eigenvalue weighted by atomic mass is 10.1. The molecule has 0 aliphatic rings. The van der Waals surface area contributed by atoms with Gasteiger partial charge in [-0.15, -0.1) is 0 Å². The first kappa shape index (κ1) is 63.9. The Bertz CT molecular complexity index is 1410. The minimum absolute atomic E-state index is 0.0470. The fraction of sp³-hybridized carbons (Fsp3) is 0.684. The molecule has 0 spiro atoms.